The van der Waals surface area contributed by atoms with Crippen molar-refractivity contribution in [3.8, 4) is 0 Å². The Balaban J connectivity index is 3.02. The van der Waals surface area contributed by atoms with Crippen molar-refractivity contribution in [3.63, 3.8) is 0 Å². The lowest BCUT2D eigenvalue weighted by Gasteiger charge is -1.90. The molecule has 11 heavy (non-hydrogen) atoms. The van der Waals surface area contributed by atoms with E-state index in [0.717, 1.165) is 5.56 Å². The summed E-state index contributed by atoms with van der Waals surface area (Å²) < 4.78 is 0. The van der Waals surface area contributed by atoms with Crippen molar-refractivity contribution in [1.29, 1.82) is 0 Å². The standard InChI is InChI=1S/C7H6O3S/c1-4-2-11-3-5(4)6(8)7(9)10/h2-3H,1H3,(H,9,10). The topological polar surface area (TPSA) is 54.4 Å². The van der Waals surface area contributed by atoms with E-state index in [0.29, 0.717) is 5.56 Å². The van der Waals surface area contributed by atoms with Gasteiger partial charge in [0.15, 0.2) is 0 Å². The van der Waals surface area contributed by atoms with Gasteiger partial charge in [0.1, 0.15) is 0 Å². The van der Waals surface area contributed by atoms with E-state index in [9.17, 15) is 9.59 Å². The molecule has 3 nitrogen and oxygen atoms in total. The Morgan fingerprint density at radius 3 is 2.45 bits per heavy atom. The number of aliphatic carboxylic acids is 1. The lowest BCUT2D eigenvalue weighted by atomic mass is 10.1. The fourth-order valence-corrected chi connectivity index (χ4v) is 1.54. The van der Waals surface area contributed by atoms with Crippen LogP contribution in [-0.4, -0.2) is 16.9 Å². The Labute approximate surface area is 67.3 Å². The second-order valence-electron chi connectivity index (χ2n) is 2.10. The molecule has 0 aliphatic rings. The van der Waals surface area contributed by atoms with E-state index in [4.69, 9.17) is 5.11 Å². The molecule has 0 radical (unpaired) electrons. The molecule has 0 spiro atoms. The summed E-state index contributed by atoms with van der Waals surface area (Å²) in [4.78, 5) is 21.0. The molecule has 1 aromatic heterocycles. The Hall–Kier alpha value is -1.16. The molecule has 0 bridgehead atoms. The average molecular weight is 170 g/mol. The van der Waals surface area contributed by atoms with Gasteiger partial charge in [-0.3, -0.25) is 4.79 Å². The minimum Gasteiger partial charge on any atom is -0.475 e. The molecule has 4 heteroatoms. The average Bonchev–Trinajstić information content (AvgIpc) is 2.33. The van der Waals surface area contributed by atoms with E-state index in [1.807, 2.05) is 0 Å². The molecule has 0 fully saturated rings. The molecular formula is C7H6O3S. The van der Waals surface area contributed by atoms with Crippen LogP contribution >= 0.6 is 11.3 Å². The van der Waals surface area contributed by atoms with Crippen molar-refractivity contribution < 1.29 is 14.7 Å². The summed E-state index contributed by atoms with van der Waals surface area (Å²) in [5.74, 6) is -2.23. The Bertz CT molecular complexity index is 300. The largest absolute Gasteiger partial charge is 0.475 e. The highest BCUT2D eigenvalue weighted by molar-refractivity contribution is 7.08. The molecule has 0 amide bonds. The summed E-state index contributed by atoms with van der Waals surface area (Å²) in [5.41, 5.74) is 1.02. The number of carbonyl (C=O) groups is 2. The SMILES string of the molecule is Cc1cscc1C(=O)C(=O)O. The number of rotatable bonds is 2. The fraction of sp³-hybridized carbons (Fsp3) is 0.143. The van der Waals surface area contributed by atoms with Crippen LogP contribution in [0.4, 0.5) is 0 Å². The molecule has 0 atom stereocenters. The number of carbonyl (C=O) groups excluding carboxylic acids is 1. The minimum atomic E-state index is -1.40. The molecule has 0 aliphatic heterocycles. The number of Topliss-reactive ketones (excluding diaryl/α,β-unsaturated/α-hetero) is 1. The van der Waals surface area contributed by atoms with Crippen LogP contribution in [-0.2, 0) is 4.79 Å². The zero-order valence-corrected chi connectivity index (χ0v) is 6.64. The van der Waals surface area contributed by atoms with Gasteiger partial charge in [-0.1, -0.05) is 0 Å². The number of aryl methyl sites for hydroxylation is 1. The third-order valence-corrected chi connectivity index (χ3v) is 2.16. The highest BCUT2D eigenvalue weighted by atomic mass is 32.1. The molecule has 0 unspecified atom stereocenters. The highest BCUT2D eigenvalue weighted by Crippen LogP contribution is 2.13. The van der Waals surface area contributed by atoms with Crippen LogP contribution in [0.5, 0.6) is 0 Å². The van der Waals surface area contributed by atoms with Crippen molar-refractivity contribution in [2.24, 2.45) is 0 Å². The van der Waals surface area contributed by atoms with Crippen molar-refractivity contribution in [3.05, 3.63) is 21.9 Å². The van der Waals surface area contributed by atoms with E-state index in [1.54, 1.807) is 17.7 Å². The maximum atomic E-state index is 10.8. The van der Waals surface area contributed by atoms with Crippen LogP contribution in [0, 0.1) is 6.92 Å². The van der Waals surface area contributed by atoms with Gasteiger partial charge in [-0.2, -0.15) is 11.3 Å². The van der Waals surface area contributed by atoms with Crippen LogP contribution in [0.15, 0.2) is 10.8 Å². The van der Waals surface area contributed by atoms with Crippen molar-refractivity contribution >= 4 is 23.1 Å². The van der Waals surface area contributed by atoms with E-state index in [1.165, 1.54) is 11.3 Å². The Morgan fingerprint density at radius 2 is 2.09 bits per heavy atom. The van der Waals surface area contributed by atoms with Gasteiger partial charge in [-0.15, -0.1) is 0 Å². The summed E-state index contributed by atoms with van der Waals surface area (Å²) >= 11 is 1.33. The number of ketones is 1. The first-order valence-electron chi connectivity index (χ1n) is 2.93. The molecule has 1 rings (SSSR count). The first-order chi connectivity index (χ1) is 5.13. The van der Waals surface area contributed by atoms with E-state index in [2.05, 4.69) is 0 Å². The molecule has 0 saturated carbocycles. The van der Waals surface area contributed by atoms with Gasteiger partial charge in [0, 0.05) is 10.9 Å². The predicted molar refractivity (Wildman–Crippen MR) is 41.0 cm³/mol. The maximum absolute atomic E-state index is 10.8. The lowest BCUT2D eigenvalue weighted by Crippen LogP contribution is -2.12. The van der Waals surface area contributed by atoms with Gasteiger partial charge >= 0.3 is 5.97 Å². The second kappa shape index (κ2) is 2.84. The van der Waals surface area contributed by atoms with Gasteiger partial charge in [0.05, 0.1) is 0 Å². The van der Waals surface area contributed by atoms with Crippen molar-refractivity contribution in [2.75, 3.05) is 0 Å². The summed E-state index contributed by atoms with van der Waals surface area (Å²) in [6.45, 7) is 1.71. The smallest absolute Gasteiger partial charge is 0.377 e. The number of carboxylic acid groups (broad SMARTS) is 1. The highest BCUT2D eigenvalue weighted by Gasteiger charge is 2.16. The third kappa shape index (κ3) is 1.46. The Kier molecular flexibility index (Phi) is 2.05. The van der Waals surface area contributed by atoms with Crippen LogP contribution in [0.2, 0.25) is 0 Å². The maximum Gasteiger partial charge on any atom is 0.377 e. The van der Waals surface area contributed by atoms with E-state index >= 15 is 0 Å². The van der Waals surface area contributed by atoms with Crippen LogP contribution in [0.1, 0.15) is 15.9 Å². The molecule has 0 aromatic carbocycles. The second-order valence-corrected chi connectivity index (χ2v) is 2.85. The summed E-state index contributed by atoms with van der Waals surface area (Å²) in [5, 5.41) is 11.6. The molecule has 58 valence electrons. The number of hydrogen-bond donors (Lipinski definition) is 1. The number of hydrogen-bond acceptors (Lipinski definition) is 3. The van der Waals surface area contributed by atoms with Gasteiger partial charge in [-0.05, 0) is 17.9 Å². The molecule has 1 aromatic rings. The first kappa shape index (κ1) is 7.94. The lowest BCUT2D eigenvalue weighted by molar-refractivity contribution is -0.131. The van der Waals surface area contributed by atoms with Crippen molar-refractivity contribution in [1.82, 2.24) is 0 Å². The fourth-order valence-electron chi connectivity index (χ4n) is 0.708. The predicted octanol–water partition coefficient (Wildman–Crippen LogP) is 1.32. The van der Waals surface area contributed by atoms with Gasteiger partial charge in [0.25, 0.3) is 5.78 Å². The number of carboxylic acids is 1. The van der Waals surface area contributed by atoms with Gasteiger partial charge < -0.3 is 5.11 Å². The van der Waals surface area contributed by atoms with Crippen LogP contribution < -0.4 is 0 Å². The van der Waals surface area contributed by atoms with E-state index < -0.39 is 11.8 Å². The molecule has 0 aliphatic carbocycles. The molecule has 0 saturated heterocycles. The minimum absolute atomic E-state index is 0.294. The van der Waals surface area contributed by atoms with Crippen LogP contribution in [0.25, 0.3) is 0 Å². The Morgan fingerprint density at radius 1 is 1.45 bits per heavy atom. The zero-order chi connectivity index (χ0) is 8.43. The van der Waals surface area contributed by atoms with Crippen LogP contribution in [0.3, 0.4) is 0 Å². The van der Waals surface area contributed by atoms with Gasteiger partial charge in [0.2, 0.25) is 0 Å². The monoisotopic (exact) mass is 170 g/mol. The quantitative estimate of drug-likeness (QED) is 0.538. The van der Waals surface area contributed by atoms with E-state index in [-0.39, 0.29) is 0 Å². The summed E-state index contributed by atoms with van der Waals surface area (Å²) in [6, 6.07) is 0. The first-order valence-corrected chi connectivity index (χ1v) is 3.87. The molecular weight excluding hydrogens is 164 g/mol. The molecule has 1 N–H and O–H groups in total. The zero-order valence-electron chi connectivity index (χ0n) is 5.83. The normalized spacial score (nSPS) is 9.55. The third-order valence-electron chi connectivity index (χ3n) is 1.29. The van der Waals surface area contributed by atoms with Gasteiger partial charge in [-0.25, -0.2) is 4.79 Å². The summed E-state index contributed by atoms with van der Waals surface area (Å²) in [6.07, 6.45) is 0. The summed E-state index contributed by atoms with van der Waals surface area (Å²) in [7, 11) is 0. The number of thiophene rings is 1. The molecule has 1 heterocycles. The van der Waals surface area contributed by atoms with Crippen molar-refractivity contribution in [2.45, 2.75) is 6.92 Å².